The third-order valence-corrected chi connectivity index (χ3v) is 2.64. The molecule has 1 aromatic carbocycles. The van der Waals surface area contributed by atoms with E-state index in [1.54, 1.807) is 7.05 Å². The predicted molar refractivity (Wildman–Crippen MR) is 66.4 cm³/mol. The topological polar surface area (TPSA) is 41.1 Å². The number of likely N-dealkylation sites (N-methyl/N-ethyl adjacent to an activating group) is 1. The summed E-state index contributed by atoms with van der Waals surface area (Å²) in [6.45, 7) is 7.23. The van der Waals surface area contributed by atoms with Gasteiger partial charge in [-0.2, -0.15) is 0 Å². The number of rotatable bonds is 4. The zero-order valence-corrected chi connectivity index (χ0v) is 10.5. The second-order valence-electron chi connectivity index (χ2n) is 4.18. The monoisotopic (exact) mass is 220 g/mol. The number of hydrogen-bond donors (Lipinski definition) is 2. The Balaban J connectivity index is 2.70. The molecule has 16 heavy (non-hydrogen) atoms. The summed E-state index contributed by atoms with van der Waals surface area (Å²) in [6.07, 6.45) is 0. The van der Waals surface area contributed by atoms with Gasteiger partial charge in [0.1, 0.15) is 0 Å². The Morgan fingerprint density at radius 1 is 1.19 bits per heavy atom. The van der Waals surface area contributed by atoms with Crippen LogP contribution in [-0.4, -0.2) is 19.5 Å². The molecule has 3 heteroatoms. The van der Waals surface area contributed by atoms with E-state index >= 15 is 0 Å². The molecule has 0 radical (unpaired) electrons. The number of nitrogens with one attached hydrogen (secondary N) is 2. The van der Waals surface area contributed by atoms with Crippen molar-refractivity contribution in [3.8, 4) is 0 Å². The van der Waals surface area contributed by atoms with Crippen LogP contribution in [0.25, 0.3) is 0 Å². The third kappa shape index (κ3) is 3.35. The highest BCUT2D eigenvalue weighted by Gasteiger charge is 2.05. The molecule has 0 aliphatic heterocycles. The second kappa shape index (κ2) is 5.66. The van der Waals surface area contributed by atoms with E-state index in [9.17, 15) is 4.79 Å². The average Bonchev–Trinajstić information content (AvgIpc) is 2.16. The summed E-state index contributed by atoms with van der Waals surface area (Å²) in [7, 11) is 1.77. The van der Waals surface area contributed by atoms with Crippen LogP contribution in [0.2, 0.25) is 0 Å². The van der Waals surface area contributed by atoms with Gasteiger partial charge in [-0.3, -0.25) is 4.79 Å². The SMILES string of the molecule is CNCC(=O)NCc1c(C)cc(C)cc1C. The maximum atomic E-state index is 11.3. The van der Waals surface area contributed by atoms with E-state index in [0.29, 0.717) is 13.1 Å². The highest BCUT2D eigenvalue weighted by molar-refractivity contribution is 5.78. The van der Waals surface area contributed by atoms with Crippen molar-refractivity contribution in [2.24, 2.45) is 0 Å². The summed E-state index contributed by atoms with van der Waals surface area (Å²) in [5.74, 6) is 0.0295. The molecule has 1 amide bonds. The first-order valence-corrected chi connectivity index (χ1v) is 5.52. The number of aryl methyl sites for hydroxylation is 3. The van der Waals surface area contributed by atoms with Crippen LogP contribution in [-0.2, 0) is 11.3 Å². The van der Waals surface area contributed by atoms with Crippen molar-refractivity contribution in [3.05, 3.63) is 34.4 Å². The van der Waals surface area contributed by atoms with Gasteiger partial charge >= 0.3 is 0 Å². The Morgan fingerprint density at radius 3 is 2.25 bits per heavy atom. The second-order valence-corrected chi connectivity index (χ2v) is 4.18. The van der Waals surface area contributed by atoms with Crippen LogP contribution in [0.15, 0.2) is 12.1 Å². The molecule has 0 aliphatic carbocycles. The molecule has 0 bridgehead atoms. The fraction of sp³-hybridized carbons (Fsp3) is 0.462. The van der Waals surface area contributed by atoms with Crippen LogP contribution < -0.4 is 10.6 Å². The molecule has 0 saturated heterocycles. The minimum atomic E-state index is 0.0295. The molecule has 2 N–H and O–H groups in total. The first kappa shape index (κ1) is 12.7. The van der Waals surface area contributed by atoms with Gasteiger partial charge in [0.05, 0.1) is 6.54 Å². The maximum absolute atomic E-state index is 11.3. The van der Waals surface area contributed by atoms with E-state index in [-0.39, 0.29) is 5.91 Å². The van der Waals surface area contributed by atoms with Gasteiger partial charge in [0.2, 0.25) is 5.91 Å². The van der Waals surface area contributed by atoms with Crippen LogP contribution in [0.5, 0.6) is 0 Å². The Hall–Kier alpha value is -1.35. The van der Waals surface area contributed by atoms with E-state index in [1.807, 2.05) is 0 Å². The standard InChI is InChI=1S/C13H20N2O/c1-9-5-10(2)12(11(3)6-9)7-15-13(16)8-14-4/h5-6,14H,7-8H2,1-4H3,(H,15,16). The van der Waals surface area contributed by atoms with Crippen LogP contribution in [0.3, 0.4) is 0 Å². The summed E-state index contributed by atoms with van der Waals surface area (Å²) in [4.78, 5) is 11.3. The minimum Gasteiger partial charge on any atom is -0.351 e. The fourth-order valence-electron chi connectivity index (χ4n) is 1.90. The lowest BCUT2D eigenvalue weighted by Gasteiger charge is -2.12. The van der Waals surface area contributed by atoms with Crippen LogP contribution in [0, 0.1) is 20.8 Å². The zero-order valence-electron chi connectivity index (χ0n) is 10.5. The average molecular weight is 220 g/mol. The molecule has 0 aliphatic rings. The highest BCUT2D eigenvalue weighted by atomic mass is 16.1. The molecule has 88 valence electrons. The molecular weight excluding hydrogens is 200 g/mol. The highest BCUT2D eigenvalue weighted by Crippen LogP contribution is 2.15. The lowest BCUT2D eigenvalue weighted by atomic mass is 10.00. The van der Waals surface area contributed by atoms with Gasteiger partial charge < -0.3 is 10.6 Å². The summed E-state index contributed by atoms with van der Waals surface area (Å²) in [5, 5.41) is 5.73. The van der Waals surface area contributed by atoms with Crippen molar-refractivity contribution >= 4 is 5.91 Å². The summed E-state index contributed by atoms with van der Waals surface area (Å²) < 4.78 is 0. The molecular formula is C13H20N2O. The molecule has 1 rings (SSSR count). The lowest BCUT2D eigenvalue weighted by molar-refractivity contribution is -0.120. The van der Waals surface area contributed by atoms with E-state index < -0.39 is 0 Å². The van der Waals surface area contributed by atoms with Gasteiger partial charge in [-0.1, -0.05) is 17.7 Å². The van der Waals surface area contributed by atoms with Crippen molar-refractivity contribution in [1.29, 1.82) is 0 Å². The van der Waals surface area contributed by atoms with Gasteiger partial charge in [0.15, 0.2) is 0 Å². The van der Waals surface area contributed by atoms with Gasteiger partial charge in [-0.25, -0.2) is 0 Å². The smallest absolute Gasteiger partial charge is 0.234 e. The van der Waals surface area contributed by atoms with E-state index in [2.05, 4.69) is 43.5 Å². The van der Waals surface area contributed by atoms with Crippen molar-refractivity contribution in [1.82, 2.24) is 10.6 Å². The zero-order chi connectivity index (χ0) is 12.1. The molecule has 0 aromatic heterocycles. The van der Waals surface area contributed by atoms with Crippen LogP contribution in [0.4, 0.5) is 0 Å². The predicted octanol–water partition coefficient (Wildman–Crippen LogP) is 1.45. The van der Waals surface area contributed by atoms with Gasteiger partial charge in [0.25, 0.3) is 0 Å². The number of carbonyl (C=O) groups is 1. The number of amides is 1. The van der Waals surface area contributed by atoms with Gasteiger partial charge in [-0.05, 0) is 44.5 Å². The summed E-state index contributed by atoms with van der Waals surface area (Å²) in [6, 6.07) is 4.29. The minimum absolute atomic E-state index is 0.0295. The van der Waals surface area contributed by atoms with Crippen molar-refractivity contribution in [2.45, 2.75) is 27.3 Å². The van der Waals surface area contributed by atoms with Crippen LogP contribution >= 0.6 is 0 Å². The van der Waals surface area contributed by atoms with Gasteiger partial charge in [0, 0.05) is 6.54 Å². The molecule has 0 atom stereocenters. The third-order valence-electron chi connectivity index (χ3n) is 2.64. The summed E-state index contributed by atoms with van der Waals surface area (Å²) in [5.41, 5.74) is 4.96. The normalized spacial score (nSPS) is 10.2. The Morgan fingerprint density at radius 2 is 1.75 bits per heavy atom. The Kier molecular flexibility index (Phi) is 4.50. The van der Waals surface area contributed by atoms with E-state index in [0.717, 1.165) is 0 Å². The first-order valence-electron chi connectivity index (χ1n) is 5.52. The van der Waals surface area contributed by atoms with E-state index in [1.165, 1.54) is 22.3 Å². The molecule has 0 unspecified atom stereocenters. The van der Waals surface area contributed by atoms with Crippen LogP contribution in [0.1, 0.15) is 22.3 Å². The van der Waals surface area contributed by atoms with Gasteiger partial charge in [-0.15, -0.1) is 0 Å². The lowest BCUT2D eigenvalue weighted by Crippen LogP contribution is -2.32. The number of carbonyl (C=O) groups excluding carboxylic acids is 1. The molecule has 0 saturated carbocycles. The Labute approximate surface area is 97.2 Å². The van der Waals surface area contributed by atoms with E-state index in [4.69, 9.17) is 0 Å². The van der Waals surface area contributed by atoms with Crippen molar-refractivity contribution in [3.63, 3.8) is 0 Å². The quantitative estimate of drug-likeness (QED) is 0.806. The largest absolute Gasteiger partial charge is 0.351 e. The first-order chi connectivity index (χ1) is 7.54. The fourth-order valence-corrected chi connectivity index (χ4v) is 1.90. The molecule has 1 aromatic rings. The summed E-state index contributed by atoms with van der Waals surface area (Å²) >= 11 is 0. The maximum Gasteiger partial charge on any atom is 0.234 e. The Bertz CT molecular complexity index is 363. The van der Waals surface area contributed by atoms with Crippen molar-refractivity contribution in [2.75, 3.05) is 13.6 Å². The molecule has 0 fully saturated rings. The van der Waals surface area contributed by atoms with Crippen molar-refractivity contribution < 1.29 is 4.79 Å². The number of hydrogen-bond acceptors (Lipinski definition) is 2. The molecule has 3 nitrogen and oxygen atoms in total. The number of benzene rings is 1. The molecule has 0 heterocycles. The molecule has 0 spiro atoms.